The monoisotopic (exact) mass is 958 g/mol. The van der Waals surface area contributed by atoms with E-state index in [0.717, 1.165) is 107 Å². The summed E-state index contributed by atoms with van der Waals surface area (Å²) in [5.41, 5.74) is 0.956. The highest BCUT2D eigenvalue weighted by atomic mass is 16.8. The molecule has 2 heterocycles. The minimum atomic E-state index is -0.947. The molecule has 0 saturated carbocycles. The Balaban J connectivity index is 1.17. The number of rotatable bonds is 37. The molecular formula is C58H87NO10. The molecule has 3 aromatic carbocycles. The van der Waals surface area contributed by atoms with Crippen LogP contribution in [-0.4, -0.2) is 80.8 Å². The number of hydrogen-bond acceptors (Lipinski definition) is 10. The zero-order chi connectivity index (χ0) is 48.6. The molecule has 2 aliphatic rings. The van der Waals surface area contributed by atoms with E-state index in [4.69, 9.17) is 37.9 Å². The third kappa shape index (κ3) is 23.2. The standard InChI is InChI=1S/C58H87NO10/c1-4-5-6-7-8-9-10-14-24-39-50(64-43-32-17-12-11-16-30-41-62-48-35-25-20-26-36-48)44-52(60)59-54-56(68-53(61)40-29-15-13-18-31-42-63-49-37-27-21-28-38-49)55-51(46-66-58(2,3)69-55)67-57(54)65-45-47-33-22-19-23-34-47/h19-23,25-28,33-38,50-51,54-57H,4-18,24,29-32,39-46H2,1-3H3,(H,59,60)/t50-,51+,54+,55+,56+,57+/m0/s1. The fraction of sp³-hybridized carbons (Fsp3) is 0.655. The fourth-order valence-electron chi connectivity index (χ4n) is 9.08. The lowest BCUT2D eigenvalue weighted by Gasteiger charge is -2.50. The lowest BCUT2D eigenvalue weighted by atomic mass is 9.94. The normalized spacial score (nSPS) is 20.1. The molecule has 2 saturated heterocycles. The van der Waals surface area contributed by atoms with Crippen LogP contribution in [0, 0.1) is 0 Å². The van der Waals surface area contributed by atoms with Gasteiger partial charge in [0, 0.05) is 13.0 Å². The first kappa shape index (κ1) is 55.9. The molecule has 1 amide bonds. The van der Waals surface area contributed by atoms with Gasteiger partial charge < -0.3 is 43.2 Å². The Morgan fingerprint density at radius 1 is 0.652 bits per heavy atom. The number of carbonyl (C=O) groups is 2. The molecular weight excluding hydrogens is 871 g/mol. The smallest absolute Gasteiger partial charge is 0.306 e. The summed E-state index contributed by atoms with van der Waals surface area (Å²) in [6, 6.07) is 28.9. The van der Waals surface area contributed by atoms with Crippen LogP contribution in [-0.2, 0) is 44.6 Å². The number of amides is 1. The quantitative estimate of drug-likeness (QED) is 0.0442. The number of unbranched alkanes of at least 4 members (excludes halogenated alkanes) is 17. The minimum Gasteiger partial charge on any atom is -0.494 e. The van der Waals surface area contributed by atoms with Crippen molar-refractivity contribution >= 4 is 11.9 Å². The zero-order valence-corrected chi connectivity index (χ0v) is 42.5. The molecule has 0 aromatic heterocycles. The van der Waals surface area contributed by atoms with Crippen molar-refractivity contribution in [2.75, 3.05) is 26.4 Å². The molecule has 0 aliphatic carbocycles. The van der Waals surface area contributed by atoms with E-state index in [9.17, 15) is 9.59 Å². The summed E-state index contributed by atoms with van der Waals surface area (Å²) in [4.78, 5) is 28.1. The van der Waals surface area contributed by atoms with Gasteiger partial charge in [0.05, 0.1) is 39.0 Å². The number of hydrogen-bond donors (Lipinski definition) is 1. The predicted molar refractivity (Wildman–Crippen MR) is 272 cm³/mol. The average molecular weight is 958 g/mol. The second-order valence-electron chi connectivity index (χ2n) is 19.5. The maximum Gasteiger partial charge on any atom is 0.306 e. The molecule has 0 radical (unpaired) electrons. The van der Waals surface area contributed by atoms with E-state index < -0.39 is 36.4 Å². The van der Waals surface area contributed by atoms with Crippen molar-refractivity contribution in [3.8, 4) is 11.5 Å². The highest BCUT2D eigenvalue weighted by molar-refractivity contribution is 5.77. The first-order valence-corrected chi connectivity index (χ1v) is 26.9. The van der Waals surface area contributed by atoms with Gasteiger partial charge in [0.15, 0.2) is 18.2 Å². The fourth-order valence-corrected chi connectivity index (χ4v) is 9.08. The van der Waals surface area contributed by atoms with Gasteiger partial charge in [-0.1, -0.05) is 176 Å². The maximum absolute atomic E-state index is 14.3. The molecule has 1 N–H and O–H groups in total. The summed E-state index contributed by atoms with van der Waals surface area (Å²) < 4.78 is 50.2. The highest BCUT2D eigenvalue weighted by Gasteiger charge is 2.54. The zero-order valence-electron chi connectivity index (χ0n) is 42.5. The number of nitrogens with one attached hydrogen (secondary N) is 1. The van der Waals surface area contributed by atoms with E-state index in [2.05, 4.69) is 12.2 Å². The van der Waals surface area contributed by atoms with Crippen LogP contribution in [0.2, 0.25) is 0 Å². The van der Waals surface area contributed by atoms with Gasteiger partial charge in [-0.2, -0.15) is 0 Å². The molecule has 69 heavy (non-hydrogen) atoms. The number of benzene rings is 3. The van der Waals surface area contributed by atoms with E-state index >= 15 is 0 Å². The van der Waals surface area contributed by atoms with Crippen molar-refractivity contribution in [1.29, 1.82) is 0 Å². The van der Waals surface area contributed by atoms with Crippen LogP contribution in [0.4, 0.5) is 0 Å². The van der Waals surface area contributed by atoms with E-state index in [1.807, 2.05) is 105 Å². The van der Waals surface area contributed by atoms with Gasteiger partial charge in [0.2, 0.25) is 5.91 Å². The van der Waals surface area contributed by atoms with Gasteiger partial charge in [0.25, 0.3) is 0 Å². The number of esters is 1. The Hall–Kier alpha value is -4.00. The molecule has 0 spiro atoms. The van der Waals surface area contributed by atoms with Crippen LogP contribution >= 0.6 is 0 Å². The van der Waals surface area contributed by atoms with Crippen molar-refractivity contribution in [2.45, 2.75) is 218 Å². The molecule has 2 aliphatic heterocycles. The Kier molecular flexibility index (Phi) is 27.2. The molecule has 6 atom stereocenters. The molecule has 11 heteroatoms. The molecule has 11 nitrogen and oxygen atoms in total. The van der Waals surface area contributed by atoms with Gasteiger partial charge in [-0.25, -0.2) is 0 Å². The second kappa shape index (κ2) is 33.6. The van der Waals surface area contributed by atoms with Crippen LogP contribution < -0.4 is 14.8 Å². The Morgan fingerprint density at radius 3 is 1.77 bits per heavy atom. The SMILES string of the molecule is CCCCCCCCCCC[C@@H](CC(=O)N[C@H]1[C@H](OCc2ccccc2)O[C@@H]2COC(C)(C)O[C@H]2[C@@H]1OC(=O)CCCCCCCOc1ccccc1)OCCCCCCCCOc1ccccc1. The van der Waals surface area contributed by atoms with Crippen molar-refractivity contribution in [3.05, 3.63) is 96.6 Å². The number of para-hydroxylation sites is 2. The molecule has 0 bridgehead atoms. The third-order valence-corrected chi connectivity index (χ3v) is 13.0. The molecule has 5 rings (SSSR count). The van der Waals surface area contributed by atoms with Crippen molar-refractivity contribution in [3.63, 3.8) is 0 Å². The van der Waals surface area contributed by atoms with Crippen LogP contribution in [0.25, 0.3) is 0 Å². The summed E-state index contributed by atoms with van der Waals surface area (Å²) in [7, 11) is 0. The van der Waals surface area contributed by atoms with Gasteiger partial charge in [0.1, 0.15) is 29.7 Å². The van der Waals surface area contributed by atoms with Crippen LogP contribution in [0.1, 0.15) is 174 Å². The first-order valence-electron chi connectivity index (χ1n) is 26.9. The third-order valence-electron chi connectivity index (χ3n) is 13.0. The van der Waals surface area contributed by atoms with E-state index in [1.54, 1.807) is 0 Å². The summed E-state index contributed by atoms with van der Waals surface area (Å²) in [6.07, 6.45) is 20.0. The second-order valence-corrected chi connectivity index (χ2v) is 19.5. The Labute approximate surface area is 415 Å². The van der Waals surface area contributed by atoms with Gasteiger partial charge in [-0.15, -0.1) is 0 Å². The number of ether oxygens (including phenoxy) is 8. The van der Waals surface area contributed by atoms with Crippen LogP contribution in [0.5, 0.6) is 11.5 Å². The lowest BCUT2D eigenvalue weighted by molar-refractivity contribution is -0.370. The number of carbonyl (C=O) groups excluding carboxylic acids is 2. The molecule has 384 valence electrons. The lowest BCUT2D eigenvalue weighted by Crippen LogP contribution is -2.69. The van der Waals surface area contributed by atoms with Gasteiger partial charge in [-0.05, 0) is 75.8 Å². The maximum atomic E-state index is 14.3. The largest absolute Gasteiger partial charge is 0.494 e. The van der Waals surface area contributed by atoms with E-state index in [-0.39, 0.29) is 44.0 Å². The minimum absolute atomic E-state index is 0.181. The molecule has 2 fully saturated rings. The van der Waals surface area contributed by atoms with Gasteiger partial charge in [-0.3, -0.25) is 9.59 Å². The Bertz CT molecular complexity index is 1760. The van der Waals surface area contributed by atoms with Crippen LogP contribution in [0.3, 0.4) is 0 Å². The van der Waals surface area contributed by atoms with Gasteiger partial charge >= 0.3 is 5.97 Å². The van der Waals surface area contributed by atoms with Crippen molar-refractivity contribution < 1.29 is 47.5 Å². The molecule has 3 aromatic rings. The van der Waals surface area contributed by atoms with Crippen molar-refractivity contribution in [2.24, 2.45) is 0 Å². The topological polar surface area (TPSA) is 120 Å². The van der Waals surface area contributed by atoms with Crippen molar-refractivity contribution in [1.82, 2.24) is 5.32 Å². The Morgan fingerprint density at radius 2 is 1.17 bits per heavy atom. The summed E-state index contributed by atoms with van der Waals surface area (Å²) in [5, 5.41) is 3.25. The highest BCUT2D eigenvalue weighted by Crippen LogP contribution is 2.35. The van der Waals surface area contributed by atoms with Crippen LogP contribution in [0.15, 0.2) is 91.0 Å². The average Bonchev–Trinajstić information content (AvgIpc) is 3.35. The van der Waals surface area contributed by atoms with E-state index in [0.29, 0.717) is 19.6 Å². The summed E-state index contributed by atoms with van der Waals surface area (Å²) in [6.45, 7) is 8.41. The summed E-state index contributed by atoms with van der Waals surface area (Å²) in [5.74, 6) is 0.322. The predicted octanol–water partition coefficient (Wildman–Crippen LogP) is 13.0. The number of fused-ring (bicyclic) bond motifs is 1. The first-order chi connectivity index (χ1) is 33.8. The van der Waals surface area contributed by atoms with E-state index in [1.165, 1.54) is 44.9 Å². The summed E-state index contributed by atoms with van der Waals surface area (Å²) >= 11 is 0. The molecule has 0 unspecified atom stereocenters.